The summed E-state index contributed by atoms with van der Waals surface area (Å²) in [5.74, 6) is 0. The minimum atomic E-state index is -0.556. The highest BCUT2D eigenvalue weighted by Gasteiger charge is 2.14. The molecule has 86 valence electrons. The molecule has 0 saturated heterocycles. The van der Waals surface area contributed by atoms with Crippen molar-refractivity contribution >= 4 is 0 Å². The molecule has 0 aromatic heterocycles. The van der Waals surface area contributed by atoms with Crippen LogP contribution in [-0.4, -0.2) is 41.8 Å². The molecule has 0 aromatic carbocycles. The van der Waals surface area contributed by atoms with Crippen LogP contribution in [0.15, 0.2) is 0 Å². The molecule has 0 aliphatic heterocycles. The van der Waals surface area contributed by atoms with Crippen molar-refractivity contribution in [3.05, 3.63) is 0 Å². The highest BCUT2D eigenvalue weighted by Crippen LogP contribution is 2.08. The lowest BCUT2D eigenvalue weighted by Gasteiger charge is -2.25. The van der Waals surface area contributed by atoms with Crippen molar-refractivity contribution in [2.75, 3.05) is 26.2 Å². The fourth-order valence-corrected chi connectivity index (χ4v) is 1.33. The summed E-state index contributed by atoms with van der Waals surface area (Å²) >= 11 is 0. The molecule has 0 fully saturated rings. The summed E-state index contributed by atoms with van der Waals surface area (Å²) in [6, 6.07) is 0. The van der Waals surface area contributed by atoms with Crippen molar-refractivity contribution in [2.45, 2.75) is 45.6 Å². The average Bonchev–Trinajstić information content (AvgIpc) is 2.08. The van der Waals surface area contributed by atoms with E-state index in [2.05, 4.69) is 11.8 Å². The summed E-state index contributed by atoms with van der Waals surface area (Å²) in [5.41, 5.74) is 4.98. The van der Waals surface area contributed by atoms with E-state index in [-0.39, 0.29) is 0 Å². The van der Waals surface area contributed by atoms with Crippen molar-refractivity contribution in [1.82, 2.24) is 4.90 Å². The van der Waals surface area contributed by atoms with Crippen LogP contribution in [0.4, 0.5) is 0 Å². The van der Waals surface area contributed by atoms with Gasteiger partial charge in [0.25, 0.3) is 0 Å². The standard InChI is InChI=1S/C11H26N2O/c1-4-5-8-13(10-7-12)9-6-11(2,3)14/h14H,4-10,12H2,1-3H3. The first kappa shape index (κ1) is 13.9. The van der Waals surface area contributed by atoms with E-state index in [0.717, 1.165) is 26.1 Å². The molecule has 0 unspecified atom stereocenters. The van der Waals surface area contributed by atoms with Crippen LogP contribution in [0.2, 0.25) is 0 Å². The largest absolute Gasteiger partial charge is 0.390 e. The van der Waals surface area contributed by atoms with Crippen molar-refractivity contribution in [3.63, 3.8) is 0 Å². The van der Waals surface area contributed by atoms with E-state index >= 15 is 0 Å². The van der Waals surface area contributed by atoms with Crippen LogP contribution in [0.25, 0.3) is 0 Å². The van der Waals surface area contributed by atoms with Gasteiger partial charge in [-0.25, -0.2) is 0 Å². The van der Waals surface area contributed by atoms with Crippen LogP contribution in [0.5, 0.6) is 0 Å². The van der Waals surface area contributed by atoms with Crippen molar-refractivity contribution in [2.24, 2.45) is 5.73 Å². The third-order valence-corrected chi connectivity index (χ3v) is 2.31. The highest BCUT2D eigenvalue weighted by atomic mass is 16.3. The number of unbranched alkanes of at least 4 members (excludes halogenated alkanes) is 1. The molecule has 0 atom stereocenters. The molecule has 0 rings (SSSR count). The molecule has 0 radical (unpaired) electrons. The molecule has 0 amide bonds. The van der Waals surface area contributed by atoms with Crippen LogP contribution in [0.3, 0.4) is 0 Å². The minimum Gasteiger partial charge on any atom is -0.390 e. The fourth-order valence-electron chi connectivity index (χ4n) is 1.33. The number of aliphatic hydroxyl groups is 1. The molecule has 3 heteroatoms. The van der Waals surface area contributed by atoms with Gasteiger partial charge in [0.1, 0.15) is 0 Å². The average molecular weight is 202 g/mol. The van der Waals surface area contributed by atoms with Crippen molar-refractivity contribution in [3.8, 4) is 0 Å². The molecule has 0 spiro atoms. The van der Waals surface area contributed by atoms with Crippen LogP contribution in [0, 0.1) is 0 Å². The first-order chi connectivity index (χ1) is 6.49. The lowest BCUT2D eigenvalue weighted by atomic mass is 10.1. The number of nitrogens with zero attached hydrogens (tertiary/aromatic N) is 1. The maximum absolute atomic E-state index is 9.60. The number of hydrogen-bond donors (Lipinski definition) is 2. The zero-order chi connectivity index (χ0) is 11.0. The summed E-state index contributed by atoms with van der Waals surface area (Å²) < 4.78 is 0. The van der Waals surface area contributed by atoms with Gasteiger partial charge in [0.05, 0.1) is 5.60 Å². The molecule has 0 aliphatic carbocycles. The Morgan fingerprint density at radius 2 is 1.86 bits per heavy atom. The predicted octanol–water partition coefficient (Wildman–Crippen LogP) is 1.21. The summed E-state index contributed by atoms with van der Waals surface area (Å²) in [5, 5.41) is 9.60. The van der Waals surface area contributed by atoms with Crippen LogP contribution >= 0.6 is 0 Å². The summed E-state index contributed by atoms with van der Waals surface area (Å²) in [6.45, 7) is 9.59. The van der Waals surface area contributed by atoms with E-state index in [1.807, 2.05) is 13.8 Å². The van der Waals surface area contributed by atoms with Crippen molar-refractivity contribution < 1.29 is 5.11 Å². The molecule has 0 heterocycles. The first-order valence-corrected chi connectivity index (χ1v) is 5.64. The molecule has 3 nitrogen and oxygen atoms in total. The van der Waals surface area contributed by atoms with Gasteiger partial charge >= 0.3 is 0 Å². The molecule has 0 aliphatic rings. The molecule has 0 aromatic rings. The topological polar surface area (TPSA) is 49.5 Å². The Hall–Kier alpha value is -0.120. The first-order valence-electron chi connectivity index (χ1n) is 5.64. The van der Waals surface area contributed by atoms with Crippen LogP contribution in [0.1, 0.15) is 40.0 Å². The van der Waals surface area contributed by atoms with Gasteiger partial charge in [0.15, 0.2) is 0 Å². The maximum Gasteiger partial charge on any atom is 0.0603 e. The third kappa shape index (κ3) is 8.48. The van der Waals surface area contributed by atoms with Gasteiger partial charge in [-0.3, -0.25) is 0 Å². The normalized spacial score (nSPS) is 12.4. The van der Waals surface area contributed by atoms with Crippen LogP contribution in [-0.2, 0) is 0 Å². The number of hydrogen-bond acceptors (Lipinski definition) is 3. The van der Waals surface area contributed by atoms with E-state index < -0.39 is 5.60 Å². The maximum atomic E-state index is 9.60. The molecule has 0 saturated carbocycles. The van der Waals surface area contributed by atoms with E-state index in [4.69, 9.17) is 5.73 Å². The zero-order valence-electron chi connectivity index (χ0n) is 9.92. The number of nitrogens with two attached hydrogens (primary N) is 1. The monoisotopic (exact) mass is 202 g/mol. The zero-order valence-corrected chi connectivity index (χ0v) is 9.92. The molecule has 3 N–H and O–H groups in total. The van der Waals surface area contributed by atoms with Gasteiger partial charge in [-0.2, -0.15) is 0 Å². The Labute approximate surface area is 88.3 Å². The molecule has 14 heavy (non-hydrogen) atoms. The van der Waals surface area contributed by atoms with Gasteiger partial charge in [-0.15, -0.1) is 0 Å². The van der Waals surface area contributed by atoms with Crippen LogP contribution < -0.4 is 5.73 Å². The SMILES string of the molecule is CCCCN(CCN)CCC(C)(C)O. The van der Waals surface area contributed by atoms with Gasteiger partial charge in [-0.1, -0.05) is 13.3 Å². The Kier molecular flexibility index (Phi) is 7.15. The van der Waals surface area contributed by atoms with Gasteiger partial charge in [0.2, 0.25) is 0 Å². The second kappa shape index (κ2) is 7.21. The second-order valence-corrected chi connectivity index (χ2v) is 4.55. The predicted molar refractivity (Wildman–Crippen MR) is 61.3 cm³/mol. The summed E-state index contributed by atoms with van der Waals surface area (Å²) in [4.78, 5) is 2.33. The molecular formula is C11H26N2O. The van der Waals surface area contributed by atoms with Gasteiger partial charge in [0, 0.05) is 19.6 Å². The smallest absolute Gasteiger partial charge is 0.0603 e. The van der Waals surface area contributed by atoms with Gasteiger partial charge < -0.3 is 15.7 Å². The Balaban J connectivity index is 3.72. The Bertz CT molecular complexity index is 132. The number of rotatable bonds is 8. The quantitative estimate of drug-likeness (QED) is 0.622. The van der Waals surface area contributed by atoms with E-state index in [1.54, 1.807) is 0 Å². The van der Waals surface area contributed by atoms with E-state index in [0.29, 0.717) is 6.54 Å². The third-order valence-electron chi connectivity index (χ3n) is 2.31. The second-order valence-electron chi connectivity index (χ2n) is 4.55. The Morgan fingerprint density at radius 3 is 2.29 bits per heavy atom. The lowest BCUT2D eigenvalue weighted by molar-refractivity contribution is 0.0578. The van der Waals surface area contributed by atoms with Crippen molar-refractivity contribution in [1.29, 1.82) is 0 Å². The van der Waals surface area contributed by atoms with E-state index in [9.17, 15) is 5.11 Å². The summed E-state index contributed by atoms with van der Waals surface area (Å²) in [6.07, 6.45) is 3.24. The highest BCUT2D eigenvalue weighted by molar-refractivity contribution is 4.69. The minimum absolute atomic E-state index is 0.556. The molecule has 0 bridgehead atoms. The summed E-state index contributed by atoms with van der Waals surface area (Å²) in [7, 11) is 0. The molecular weight excluding hydrogens is 176 g/mol. The Morgan fingerprint density at radius 1 is 1.21 bits per heavy atom. The lowest BCUT2D eigenvalue weighted by Crippen LogP contribution is -2.35. The fraction of sp³-hybridized carbons (Fsp3) is 1.00. The van der Waals surface area contributed by atoms with E-state index in [1.165, 1.54) is 12.8 Å². The van der Waals surface area contributed by atoms with Gasteiger partial charge in [-0.05, 0) is 33.2 Å².